The number of hydrogen-bond acceptors (Lipinski definition) is 4. The van der Waals surface area contributed by atoms with Crippen LogP contribution in [0.25, 0.3) is 0 Å². The minimum Gasteiger partial charge on any atom is -0.475 e. The summed E-state index contributed by atoms with van der Waals surface area (Å²) in [6.45, 7) is 7.55. The summed E-state index contributed by atoms with van der Waals surface area (Å²) in [7, 11) is 0. The molecule has 4 nitrogen and oxygen atoms in total. The molecule has 0 amide bonds. The third-order valence-electron chi connectivity index (χ3n) is 3.44. The van der Waals surface area contributed by atoms with Crippen LogP contribution in [0.3, 0.4) is 0 Å². The van der Waals surface area contributed by atoms with Crippen LogP contribution < -0.4 is 10.1 Å². The predicted octanol–water partition coefficient (Wildman–Crippen LogP) is 2.84. The SMILES string of the molecule is CCCNCc1cc(C)nc(OCC2CCCCO2)c1. The average Bonchev–Trinajstić information content (AvgIpc) is 2.46. The molecule has 20 heavy (non-hydrogen) atoms. The molecular formula is C16H26N2O2. The zero-order valence-electron chi connectivity index (χ0n) is 12.7. The predicted molar refractivity (Wildman–Crippen MR) is 80.1 cm³/mol. The highest BCUT2D eigenvalue weighted by atomic mass is 16.5. The zero-order valence-corrected chi connectivity index (χ0v) is 12.7. The molecule has 0 aromatic carbocycles. The van der Waals surface area contributed by atoms with E-state index in [1.165, 1.54) is 18.4 Å². The molecule has 0 radical (unpaired) electrons. The van der Waals surface area contributed by atoms with Crippen LogP contribution in [-0.4, -0.2) is 30.8 Å². The van der Waals surface area contributed by atoms with Gasteiger partial charge < -0.3 is 14.8 Å². The Labute approximate surface area is 121 Å². The Morgan fingerprint density at radius 3 is 3.05 bits per heavy atom. The standard InChI is InChI=1S/C16H26N2O2/c1-3-7-17-11-14-9-13(2)18-16(10-14)20-12-15-6-4-5-8-19-15/h9-10,15,17H,3-8,11-12H2,1-2H3. The van der Waals surface area contributed by atoms with Crippen molar-refractivity contribution in [1.29, 1.82) is 0 Å². The van der Waals surface area contributed by atoms with Crippen LogP contribution in [-0.2, 0) is 11.3 Å². The van der Waals surface area contributed by atoms with Crippen LogP contribution in [0.2, 0.25) is 0 Å². The van der Waals surface area contributed by atoms with Gasteiger partial charge in [0.25, 0.3) is 0 Å². The summed E-state index contributed by atoms with van der Waals surface area (Å²) in [5.41, 5.74) is 2.23. The van der Waals surface area contributed by atoms with Crippen LogP contribution >= 0.6 is 0 Å². The van der Waals surface area contributed by atoms with Gasteiger partial charge in [0.15, 0.2) is 0 Å². The number of aryl methyl sites for hydroxylation is 1. The number of nitrogens with zero attached hydrogens (tertiary/aromatic N) is 1. The summed E-state index contributed by atoms with van der Waals surface area (Å²) < 4.78 is 11.5. The smallest absolute Gasteiger partial charge is 0.213 e. The number of aromatic nitrogens is 1. The summed E-state index contributed by atoms with van der Waals surface area (Å²) in [6, 6.07) is 4.13. The molecule has 2 heterocycles. The summed E-state index contributed by atoms with van der Waals surface area (Å²) in [6.07, 6.45) is 4.88. The third kappa shape index (κ3) is 5.10. The van der Waals surface area contributed by atoms with E-state index in [4.69, 9.17) is 9.47 Å². The molecule has 1 atom stereocenters. The number of nitrogens with one attached hydrogen (secondary N) is 1. The lowest BCUT2D eigenvalue weighted by atomic mass is 10.1. The highest BCUT2D eigenvalue weighted by Crippen LogP contribution is 2.16. The zero-order chi connectivity index (χ0) is 14.2. The van der Waals surface area contributed by atoms with Gasteiger partial charge in [-0.2, -0.15) is 0 Å². The van der Waals surface area contributed by atoms with E-state index in [-0.39, 0.29) is 6.10 Å². The number of hydrogen-bond donors (Lipinski definition) is 1. The summed E-state index contributed by atoms with van der Waals surface area (Å²) in [5, 5.41) is 3.40. The van der Waals surface area contributed by atoms with Crippen LogP contribution in [0.4, 0.5) is 0 Å². The van der Waals surface area contributed by atoms with Gasteiger partial charge in [-0.15, -0.1) is 0 Å². The molecule has 1 aromatic heterocycles. The first-order valence-electron chi connectivity index (χ1n) is 7.70. The molecule has 1 aliphatic rings. The van der Waals surface area contributed by atoms with Gasteiger partial charge in [0, 0.05) is 24.9 Å². The molecule has 0 aliphatic carbocycles. The van der Waals surface area contributed by atoms with Gasteiger partial charge >= 0.3 is 0 Å². The Balaban J connectivity index is 1.86. The quantitative estimate of drug-likeness (QED) is 0.779. The van der Waals surface area contributed by atoms with Gasteiger partial charge in [0.1, 0.15) is 6.61 Å². The second kappa shape index (κ2) is 8.22. The molecule has 1 N–H and O–H groups in total. The van der Waals surface area contributed by atoms with Crippen molar-refractivity contribution in [1.82, 2.24) is 10.3 Å². The fourth-order valence-electron chi connectivity index (χ4n) is 2.41. The number of rotatable bonds is 7. The van der Waals surface area contributed by atoms with E-state index in [1.54, 1.807) is 0 Å². The van der Waals surface area contributed by atoms with E-state index in [2.05, 4.69) is 23.3 Å². The molecule has 0 spiro atoms. The maximum absolute atomic E-state index is 5.81. The van der Waals surface area contributed by atoms with Crippen LogP contribution in [0.1, 0.15) is 43.9 Å². The number of pyridine rings is 1. The molecule has 0 bridgehead atoms. The van der Waals surface area contributed by atoms with Gasteiger partial charge in [-0.05, 0) is 50.8 Å². The fraction of sp³-hybridized carbons (Fsp3) is 0.688. The van der Waals surface area contributed by atoms with Gasteiger partial charge in [0.05, 0.1) is 6.10 Å². The minimum absolute atomic E-state index is 0.229. The lowest BCUT2D eigenvalue weighted by Gasteiger charge is -2.22. The summed E-state index contributed by atoms with van der Waals surface area (Å²) in [4.78, 5) is 4.44. The second-order valence-corrected chi connectivity index (χ2v) is 5.43. The molecular weight excluding hydrogens is 252 g/mol. The Kier molecular flexibility index (Phi) is 6.27. The van der Waals surface area contributed by atoms with Crippen LogP contribution in [0, 0.1) is 6.92 Å². The van der Waals surface area contributed by atoms with E-state index >= 15 is 0 Å². The van der Waals surface area contributed by atoms with Gasteiger partial charge in [0.2, 0.25) is 5.88 Å². The van der Waals surface area contributed by atoms with Crippen molar-refractivity contribution in [2.24, 2.45) is 0 Å². The van der Waals surface area contributed by atoms with Crippen molar-refractivity contribution >= 4 is 0 Å². The van der Waals surface area contributed by atoms with E-state index in [9.17, 15) is 0 Å². The monoisotopic (exact) mass is 278 g/mol. The summed E-state index contributed by atoms with van der Waals surface area (Å²) >= 11 is 0. The Hall–Kier alpha value is -1.13. The lowest BCUT2D eigenvalue weighted by molar-refractivity contribution is -0.0119. The normalized spacial score (nSPS) is 19.0. The molecule has 1 saturated heterocycles. The molecule has 1 aromatic rings. The fourth-order valence-corrected chi connectivity index (χ4v) is 2.41. The average molecular weight is 278 g/mol. The molecule has 2 rings (SSSR count). The van der Waals surface area contributed by atoms with Crippen LogP contribution in [0.5, 0.6) is 5.88 Å². The highest BCUT2D eigenvalue weighted by Gasteiger charge is 2.14. The lowest BCUT2D eigenvalue weighted by Crippen LogP contribution is -2.26. The third-order valence-corrected chi connectivity index (χ3v) is 3.44. The first-order chi connectivity index (χ1) is 9.78. The molecule has 4 heteroatoms. The van der Waals surface area contributed by atoms with Gasteiger partial charge in [-0.25, -0.2) is 4.98 Å². The molecule has 1 aliphatic heterocycles. The first-order valence-corrected chi connectivity index (χ1v) is 7.70. The van der Waals surface area contributed by atoms with Crippen molar-refractivity contribution in [2.75, 3.05) is 19.8 Å². The highest BCUT2D eigenvalue weighted by molar-refractivity contribution is 5.24. The number of ether oxygens (including phenoxy) is 2. The second-order valence-electron chi connectivity index (χ2n) is 5.43. The topological polar surface area (TPSA) is 43.4 Å². The molecule has 112 valence electrons. The largest absolute Gasteiger partial charge is 0.475 e. The van der Waals surface area contributed by atoms with E-state index in [0.29, 0.717) is 12.5 Å². The first kappa shape index (κ1) is 15.3. The van der Waals surface area contributed by atoms with Gasteiger partial charge in [-0.3, -0.25) is 0 Å². The van der Waals surface area contributed by atoms with Crippen molar-refractivity contribution in [2.45, 2.75) is 52.2 Å². The van der Waals surface area contributed by atoms with Crippen molar-refractivity contribution in [3.05, 3.63) is 23.4 Å². The molecule has 0 saturated carbocycles. The Morgan fingerprint density at radius 1 is 1.40 bits per heavy atom. The Bertz CT molecular complexity index is 403. The maximum Gasteiger partial charge on any atom is 0.213 e. The molecule has 1 unspecified atom stereocenters. The van der Waals surface area contributed by atoms with E-state index in [0.717, 1.165) is 38.2 Å². The Morgan fingerprint density at radius 2 is 2.30 bits per heavy atom. The van der Waals surface area contributed by atoms with E-state index < -0.39 is 0 Å². The summed E-state index contributed by atoms with van der Waals surface area (Å²) in [5.74, 6) is 0.715. The van der Waals surface area contributed by atoms with Crippen molar-refractivity contribution < 1.29 is 9.47 Å². The van der Waals surface area contributed by atoms with E-state index in [1.807, 2.05) is 13.0 Å². The minimum atomic E-state index is 0.229. The maximum atomic E-state index is 5.81. The molecule has 1 fully saturated rings. The van der Waals surface area contributed by atoms with Crippen molar-refractivity contribution in [3.63, 3.8) is 0 Å². The van der Waals surface area contributed by atoms with Crippen LogP contribution in [0.15, 0.2) is 12.1 Å². The van der Waals surface area contributed by atoms with Gasteiger partial charge in [-0.1, -0.05) is 6.92 Å². The van der Waals surface area contributed by atoms with Crippen molar-refractivity contribution in [3.8, 4) is 5.88 Å².